The molecule has 1 aliphatic carbocycles. The van der Waals surface area contributed by atoms with Gasteiger partial charge in [0.1, 0.15) is 4.90 Å². The first-order valence-corrected chi connectivity index (χ1v) is 8.07. The van der Waals surface area contributed by atoms with Crippen LogP contribution in [-0.4, -0.2) is 36.5 Å². The molecule has 1 heterocycles. The number of aliphatic hydroxyl groups is 1. The number of aliphatic hydroxyl groups excluding tert-OH is 1. The lowest BCUT2D eigenvalue weighted by atomic mass is 9.71. The van der Waals surface area contributed by atoms with Crippen molar-refractivity contribution < 1.29 is 13.5 Å². The van der Waals surface area contributed by atoms with Crippen LogP contribution in [0.1, 0.15) is 32.6 Å². The van der Waals surface area contributed by atoms with Crippen LogP contribution in [0, 0.1) is 5.41 Å². The summed E-state index contributed by atoms with van der Waals surface area (Å²) in [6.45, 7) is 3.17. The second-order valence-electron chi connectivity index (χ2n) is 5.51. The third-order valence-corrected chi connectivity index (χ3v) is 5.07. The molecule has 0 unspecified atom stereocenters. The van der Waals surface area contributed by atoms with Gasteiger partial charge in [0.2, 0.25) is 10.0 Å². The topological polar surface area (TPSA) is 84.2 Å². The average molecular weight is 287 g/mol. The van der Waals surface area contributed by atoms with Crippen LogP contribution < -0.4 is 4.72 Å². The zero-order valence-electron chi connectivity index (χ0n) is 11.2. The van der Waals surface area contributed by atoms with Gasteiger partial charge in [0.25, 0.3) is 0 Å². The Morgan fingerprint density at radius 1 is 1.53 bits per heavy atom. The molecule has 2 rings (SSSR count). The Balaban J connectivity index is 1.96. The highest BCUT2D eigenvalue weighted by atomic mass is 32.2. The van der Waals surface area contributed by atoms with Gasteiger partial charge >= 0.3 is 0 Å². The van der Waals surface area contributed by atoms with Crippen molar-refractivity contribution in [3.63, 3.8) is 0 Å². The minimum atomic E-state index is -3.47. The van der Waals surface area contributed by atoms with E-state index in [1.807, 2.05) is 0 Å². The molecule has 7 heteroatoms. The second-order valence-corrected chi connectivity index (χ2v) is 7.27. The first-order valence-electron chi connectivity index (χ1n) is 6.58. The van der Waals surface area contributed by atoms with Gasteiger partial charge in [-0.3, -0.25) is 4.68 Å². The molecular formula is C12H21N3O3S. The predicted molar refractivity (Wildman–Crippen MR) is 71.1 cm³/mol. The van der Waals surface area contributed by atoms with E-state index in [9.17, 15) is 8.42 Å². The smallest absolute Gasteiger partial charge is 0.243 e. The van der Waals surface area contributed by atoms with Crippen molar-refractivity contribution in [2.45, 2.75) is 44.0 Å². The van der Waals surface area contributed by atoms with Crippen LogP contribution in [0.15, 0.2) is 17.3 Å². The van der Waals surface area contributed by atoms with E-state index in [4.69, 9.17) is 5.11 Å². The number of hydrogen-bond acceptors (Lipinski definition) is 4. The second kappa shape index (κ2) is 5.60. The Labute approximate surface area is 113 Å². The minimum Gasteiger partial charge on any atom is -0.396 e. The number of nitrogens with zero attached hydrogens (tertiary/aromatic N) is 2. The summed E-state index contributed by atoms with van der Waals surface area (Å²) in [6.07, 6.45) is 6.74. The lowest BCUT2D eigenvalue weighted by Gasteiger charge is -2.38. The molecule has 0 aliphatic heterocycles. The number of sulfonamides is 1. The van der Waals surface area contributed by atoms with E-state index < -0.39 is 10.0 Å². The van der Waals surface area contributed by atoms with Crippen LogP contribution in [0.3, 0.4) is 0 Å². The molecule has 0 saturated heterocycles. The van der Waals surface area contributed by atoms with Crippen LogP contribution in [-0.2, 0) is 16.6 Å². The molecular weight excluding hydrogens is 266 g/mol. The lowest BCUT2D eigenvalue weighted by Crippen LogP contribution is -2.39. The molecule has 0 spiro atoms. The summed E-state index contributed by atoms with van der Waals surface area (Å²) in [6, 6.07) is 0. The minimum absolute atomic E-state index is 0.0680. The maximum Gasteiger partial charge on any atom is 0.243 e. The summed E-state index contributed by atoms with van der Waals surface area (Å²) in [5.41, 5.74) is 0.111. The van der Waals surface area contributed by atoms with Crippen molar-refractivity contribution in [2.24, 2.45) is 5.41 Å². The fraction of sp³-hybridized carbons (Fsp3) is 0.750. The number of aromatic nitrogens is 2. The molecule has 0 radical (unpaired) electrons. The van der Waals surface area contributed by atoms with Gasteiger partial charge in [0, 0.05) is 25.9 Å². The van der Waals surface area contributed by atoms with E-state index in [-0.39, 0.29) is 16.9 Å². The maximum absolute atomic E-state index is 12.1. The first-order chi connectivity index (χ1) is 8.95. The molecule has 19 heavy (non-hydrogen) atoms. The van der Waals surface area contributed by atoms with Crippen molar-refractivity contribution >= 4 is 10.0 Å². The molecule has 1 saturated carbocycles. The molecule has 0 aromatic carbocycles. The van der Waals surface area contributed by atoms with Crippen LogP contribution >= 0.6 is 0 Å². The number of rotatable bonds is 7. The molecule has 0 bridgehead atoms. The van der Waals surface area contributed by atoms with Crippen molar-refractivity contribution in [2.75, 3.05) is 13.2 Å². The molecule has 1 aliphatic rings. The molecule has 6 nitrogen and oxygen atoms in total. The predicted octanol–water partition coefficient (Wildman–Crippen LogP) is 0.734. The number of hydrogen-bond donors (Lipinski definition) is 2. The van der Waals surface area contributed by atoms with Crippen LogP contribution in [0.25, 0.3) is 0 Å². The average Bonchev–Trinajstić information content (AvgIpc) is 2.81. The lowest BCUT2D eigenvalue weighted by molar-refractivity contribution is 0.166. The summed E-state index contributed by atoms with van der Waals surface area (Å²) in [5, 5.41) is 12.7. The summed E-state index contributed by atoms with van der Waals surface area (Å²) in [4.78, 5) is 0.188. The summed E-state index contributed by atoms with van der Waals surface area (Å²) < 4.78 is 28.4. The van der Waals surface area contributed by atoms with E-state index in [1.54, 1.807) is 0 Å². The zero-order chi connectivity index (χ0) is 13.9. The third-order valence-electron chi connectivity index (χ3n) is 3.71. The highest BCUT2D eigenvalue weighted by Gasteiger charge is 2.33. The Bertz CT molecular complexity index is 520. The third kappa shape index (κ3) is 3.55. The van der Waals surface area contributed by atoms with Crippen molar-refractivity contribution in [1.82, 2.24) is 14.5 Å². The van der Waals surface area contributed by atoms with E-state index >= 15 is 0 Å². The van der Waals surface area contributed by atoms with Crippen LogP contribution in [0.5, 0.6) is 0 Å². The van der Waals surface area contributed by atoms with Crippen molar-refractivity contribution in [1.29, 1.82) is 0 Å². The van der Waals surface area contributed by atoms with Crippen molar-refractivity contribution in [3.8, 4) is 0 Å². The number of aryl methyl sites for hydroxylation is 1. The van der Waals surface area contributed by atoms with Gasteiger partial charge in [-0.2, -0.15) is 5.10 Å². The van der Waals surface area contributed by atoms with E-state index in [0.717, 1.165) is 12.8 Å². The quantitative estimate of drug-likeness (QED) is 0.774. The first kappa shape index (κ1) is 14.5. The Kier molecular flexibility index (Phi) is 4.27. The van der Waals surface area contributed by atoms with Crippen molar-refractivity contribution in [3.05, 3.63) is 12.4 Å². The highest BCUT2D eigenvalue weighted by molar-refractivity contribution is 7.89. The van der Waals surface area contributed by atoms with Gasteiger partial charge in [0.15, 0.2) is 0 Å². The highest BCUT2D eigenvalue weighted by Crippen LogP contribution is 2.39. The normalized spacial score (nSPS) is 18.2. The van der Waals surface area contributed by atoms with E-state index in [2.05, 4.69) is 16.7 Å². The van der Waals surface area contributed by atoms with Gasteiger partial charge in [-0.25, -0.2) is 13.1 Å². The number of nitrogens with one attached hydrogen (secondary N) is 1. The Morgan fingerprint density at radius 2 is 2.26 bits per heavy atom. The molecule has 0 amide bonds. The van der Waals surface area contributed by atoms with Gasteiger partial charge in [-0.15, -0.1) is 0 Å². The molecule has 1 aromatic rings. The van der Waals surface area contributed by atoms with Gasteiger partial charge < -0.3 is 5.11 Å². The van der Waals surface area contributed by atoms with Gasteiger partial charge in [-0.05, 0) is 24.7 Å². The van der Waals surface area contributed by atoms with E-state index in [1.165, 1.54) is 23.5 Å². The zero-order valence-corrected chi connectivity index (χ0v) is 12.0. The Morgan fingerprint density at radius 3 is 2.84 bits per heavy atom. The monoisotopic (exact) mass is 287 g/mol. The van der Waals surface area contributed by atoms with Crippen LogP contribution in [0.4, 0.5) is 0 Å². The Hall–Kier alpha value is -0.920. The van der Waals surface area contributed by atoms with Crippen LogP contribution in [0.2, 0.25) is 0 Å². The van der Waals surface area contributed by atoms with Gasteiger partial charge in [0.05, 0.1) is 6.20 Å². The summed E-state index contributed by atoms with van der Waals surface area (Å²) >= 11 is 0. The molecule has 1 fully saturated rings. The molecule has 108 valence electrons. The van der Waals surface area contributed by atoms with Gasteiger partial charge in [-0.1, -0.05) is 13.3 Å². The standard InChI is InChI=1S/C12H21N3O3S/c1-12(4-2-5-12)10-14-19(17,18)11-8-13-15(9-11)6-3-7-16/h8-9,14,16H,2-7,10H2,1H3. The fourth-order valence-corrected chi connectivity index (χ4v) is 3.30. The molecule has 2 N–H and O–H groups in total. The SMILES string of the molecule is CC1(CNS(=O)(=O)c2cnn(CCCO)c2)CCC1. The maximum atomic E-state index is 12.1. The van der Waals surface area contributed by atoms with E-state index in [0.29, 0.717) is 19.5 Å². The largest absolute Gasteiger partial charge is 0.396 e. The fourth-order valence-electron chi connectivity index (χ4n) is 2.15. The molecule has 0 atom stereocenters. The summed E-state index contributed by atoms with van der Waals surface area (Å²) in [5.74, 6) is 0. The molecule has 1 aromatic heterocycles. The summed E-state index contributed by atoms with van der Waals surface area (Å²) in [7, 11) is -3.47.